The van der Waals surface area contributed by atoms with E-state index in [1.165, 1.54) is 16.7 Å². The van der Waals surface area contributed by atoms with E-state index in [0.29, 0.717) is 19.7 Å². The standard InChI is InChI=1S/C23H28N2O3/c1-3-27-21-11-19-10-16(2)28-22(19)12-20(21)13-24-23(26)15-25-9-8-17-6-4-5-7-18(17)14-25/h4-7,11-12,16H,3,8-10,13-15H2,1-2H3,(H,24,26)/t16-/m0/s1. The Morgan fingerprint density at radius 3 is 2.89 bits per heavy atom. The maximum atomic E-state index is 12.5. The molecule has 0 spiro atoms. The van der Waals surface area contributed by atoms with E-state index in [0.717, 1.165) is 43.0 Å². The average molecular weight is 380 g/mol. The third-order valence-electron chi connectivity index (χ3n) is 5.43. The zero-order chi connectivity index (χ0) is 19.5. The van der Waals surface area contributed by atoms with Gasteiger partial charge >= 0.3 is 0 Å². The van der Waals surface area contributed by atoms with Crippen molar-refractivity contribution in [3.8, 4) is 11.5 Å². The highest BCUT2D eigenvalue weighted by molar-refractivity contribution is 5.78. The van der Waals surface area contributed by atoms with Crippen molar-refractivity contribution in [2.75, 3.05) is 19.7 Å². The lowest BCUT2D eigenvalue weighted by atomic mass is 10.00. The van der Waals surface area contributed by atoms with E-state index >= 15 is 0 Å². The van der Waals surface area contributed by atoms with Gasteiger partial charge in [0.2, 0.25) is 5.91 Å². The van der Waals surface area contributed by atoms with Crippen LogP contribution in [0.5, 0.6) is 11.5 Å². The predicted molar refractivity (Wildman–Crippen MR) is 109 cm³/mol. The first-order valence-electron chi connectivity index (χ1n) is 10.1. The average Bonchev–Trinajstić information content (AvgIpc) is 3.05. The van der Waals surface area contributed by atoms with Gasteiger partial charge in [-0.3, -0.25) is 9.69 Å². The number of amides is 1. The molecule has 2 aliphatic heterocycles. The summed E-state index contributed by atoms with van der Waals surface area (Å²) in [6.07, 6.45) is 2.09. The molecular formula is C23H28N2O3. The Kier molecular flexibility index (Phi) is 5.53. The lowest BCUT2D eigenvalue weighted by Gasteiger charge is -2.28. The molecule has 2 aliphatic rings. The van der Waals surface area contributed by atoms with Crippen molar-refractivity contribution in [3.63, 3.8) is 0 Å². The van der Waals surface area contributed by atoms with E-state index in [1.807, 2.05) is 13.0 Å². The number of ether oxygens (including phenoxy) is 2. The smallest absolute Gasteiger partial charge is 0.234 e. The maximum Gasteiger partial charge on any atom is 0.234 e. The van der Waals surface area contributed by atoms with Crippen LogP contribution < -0.4 is 14.8 Å². The first-order valence-corrected chi connectivity index (χ1v) is 10.1. The van der Waals surface area contributed by atoms with Crippen LogP contribution in [0.2, 0.25) is 0 Å². The normalized spacial score (nSPS) is 18.1. The summed E-state index contributed by atoms with van der Waals surface area (Å²) in [4.78, 5) is 14.7. The third-order valence-corrected chi connectivity index (χ3v) is 5.43. The molecule has 0 aliphatic carbocycles. The zero-order valence-electron chi connectivity index (χ0n) is 16.7. The number of rotatable bonds is 6. The second-order valence-corrected chi connectivity index (χ2v) is 7.64. The van der Waals surface area contributed by atoms with Gasteiger partial charge < -0.3 is 14.8 Å². The van der Waals surface area contributed by atoms with E-state index in [-0.39, 0.29) is 12.0 Å². The quantitative estimate of drug-likeness (QED) is 0.837. The predicted octanol–water partition coefficient (Wildman–Crippen LogP) is 3.08. The van der Waals surface area contributed by atoms with Crippen molar-refractivity contribution in [3.05, 3.63) is 58.7 Å². The Balaban J connectivity index is 1.37. The highest BCUT2D eigenvalue weighted by Crippen LogP contribution is 2.35. The molecule has 2 aromatic rings. The number of nitrogens with zero attached hydrogens (tertiary/aromatic N) is 1. The van der Waals surface area contributed by atoms with Crippen LogP contribution in [0.25, 0.3) is 0 Å². The first kappa shape index (κ1) is 18.8. The molecular weight excluding hydrogens is 352 g/mol. The van der Waals surface area contributed by atoms with Gasteiger partial charge in [0.15, 0.2) is 0 Å². The molecule has 5 heteroatoms. The van der Waals surface area contributed by atoms with Crippen LogP contribution in [0.1, 0.15) is 36.1 Å². The highest BCUT2D eigenvalue weighted by Gasteiger charge is 2.22. The van der Waals surface area contributed by atoms with Gasteiger partial charge in [0, 0.05) is 37.2 Å². The fourth-order valence-corrected chi connectivity index (χ4v) is 4.05. The number of carbonyl (C=O) groups excluding carboxylic acids is 1. The van der Waals surface area contributed by atoms with Gasteiger partial charge in [-0.2, -0.15) is 0 Å². The molecule has 2 heterocycles. The number of hydrogen-bond acceptors (Lipinski definition) is 4. The molecule has 0 saturated carbocycles. The summed E-state index contributed by atoms with van der Waals surface area (Å²) >= 11 is 0. The van der Waals surface area contributed by atoms with Gasteiger partial charge in [-0.05, 0) is 43.5 Å². The van der Waals surface area contributed by atoms with E-state index in [4.69, 9.17) is 9.47 Å². The number of hydrogen-bond donors (Lipinski definition) is 1. The molecule has 1 amide bonds. The minimum Gasteiger partial charge on any atom is -0.494 e. The van der Waals surface area contributed by atoms with E-state index in [1.54, 1.807) is 0 Å². The third kappa shape index (κ3) is 4.14. The number of fused-ring (bicyclic) bond motifs is 2. The molecule has 1 N–H and O–H groups in total. The SMILES string of the molecule is CCOc1cc2c(cc1CNC(=O)CN1CCc3ccccc3C1)O[C@@H](C)C2. The van der Waals surface area contributed by atoms with Crippen LogP contribution >= 0.6 is 0 Å². The molecule has 0 radical (unpaired) electrons. The van der Waals surface area contributed by atoms with Crippen molar-refractivity contribution in [1.29, 1.82) is 0 Å². The Morgan fingerprint density at radius 1 is 1.25 bits per heavy atom. The lowest BCUT2D eigenvalue weighted by molar-refractivity contribution is -0.122. The fourth-order valence-electron chi connectivity index (χ4n) is 4.05. The molecule has 0 aromatic heterocycles. The molecule has 28 heavy (non-hydrogen) atoms. The van der Waals surface area contributed by atoms with Gasteiger partial charge in [-0.1, -0.05) is 24.3 Å². The fraction of sp³-hybridized carbons (Fsp3) is 0.435. The Labute approximate surface area is 166 Å². The van der Waals surface area contributed by atoms with E-state index < -0.39 is 0 Å². The topological polar surface area (TPSA) is 50.8 Å². The summed E-state index contributed by atoms with van der Waals surface area (Å²) in [7, 11) is 0. The van der Waals surface area contributed by atoms with Gasteiger partial charge in [0.05, 0.1) is 13.2 Å². The molecule has 148 valence electrons. The first-order chi connectivity index (χ1) is 13.6. The molecule has 0 fully saturated rings. The second kappa shape index (κ2) is 8.23. The van der Waals surface area contributed by atoms with Crippen molar-refractivity contribution in [1.82, 2.24) is 10.2 Å². The summed E-state index contributed by atoms with van der Waals surface area (Å²) in [5, 5.41) is 3.06. The maximum absolute atomic E-state index is 12.5. The summed E-state index contributed by atoms with van der Waals surface area (Å²) < 4.78 is 11.7. The molecule has 0 unspecified atom stereocenters. The molecule has 5 nitrogen and oxygen atoms in total. The zero-order valence-corrected chi connectivity index (χ0v) is 16.7. The van der Waals surface area contributed by atoms with Crippen LogP contribution in [0, 0.1) is 0 Å². The number of nitrogens with one attached hydrogen (secondary N) is 1. The summed E-state index contributed by atoms with van der Waals surface area (Å²) in [6, 6.07) is 12.6. The highest BCUT2D eigenvalue weighted by atomic mass is 16.5. The van der Waals surface area contributed by atoms with Gasteiger partial charge in [-0.25, -0.2) is 0 Å². The van der Waals surface area contributed by atoms with Gasteiger partial charge in [0.1, 0.15) is 17.6 Å². The Morgan fingerprint density at radius 2 is 2.07 bits per heavy atom. The van der Waals surface area contributed by atoms with Crippen LogP contribution in [0.3, 0.4) is 0 Å². The monoisotopic (exact) mass is 380 g/mol. The molecule has 0 saturated heterocycles. The minimum atomic E-state index is 0.0385. The lowest BCUT2D eigenvalue weighted by Crippen LogP contribution is -2.39. The molecule has 2 aromatic carbocycles. The number of benzene rings is 2. The van der Waals surface area contributed by atoms with Gasteiger partial charge in [0.25, 0.3) is 0 Å². The summed E-state index contributed by atoms with van der Waals surface area (Å²) in [5.74, 6) is 1.79. The van der Waals surface area contributed by atoms with E-state index in [9.17, 15) is 4.79 Å². The minimum absolute atomic E-state index is 0.0385. The van der Waals surface area contributed by atoms with Crippen molar-refractivity contribution < 1.29 is 14.3 Å². The molecule has 4 rings (SSSR count). The van der Waals surface area contributed by atoms with E-state index in [2.05, 4.69) is 47.5 Å². The summed E-state index contributed by atoms with van der Waals surface area (Å²) in [5.41, 5.74) is 4.86. The van der Waals surface area contributed by atoms with Crippen molar-refractivity contribution in [2.24, 2.45) is 0 Å². The number of carbonyl (C=O) groups is 1. The van der Waals surface area contributed by atoms with Crippen LogP contribution in [0.4, 0.5) is 0 Å². The summed E-state index contributed by atoms with van der Waals surface area (Å²) in [6.45, 7) is 7.25. The van der Waals surface area contributed by atoms with Crippen LogP contribution in [0.15, 0.2) is 36.4 Å². The molecule has 1 atom stereocenters. The van der Waals surface area contributed by atoms with Crippen molar-refractivity contribution in [2.45, 2.75) is 45.9 Å². The van der Waals surface area contributed by atoms with Crippen LogP contribution in [-0.4, -0.2) is 36.6 Å². The Hall–Kier alpha value is -2.53. The van der Waals surface area contributed by atoms with Gasteiger partial charge in [-0.15, -0.1) is 0 Å². The second-order valence-electron chi connectivity index (χ2n) is 7.64. The largest absolute Gasteiger partial charge is 0.494 e. The van der Waals surface area contributed by atoms with Crippen molar-refractivity contribution >= 4 is 5.91 Å². The Bertz CT molecular complexity index is 865. The molecule has 0 bridgehead atoms. The van der Waals surface area contributed by atoms with Crippen LogP contribution in [-0.2, 0) is 30.7 Å².